The van der Waals surface area contributed by atoms with Gasteiger partial charge in [0.25, 0.3) is 0 Å². The van der Waals surface area contributed by atoms with E-state index in [1.165, 1.54) is 0 Å². The van der Waals surface area contributed by atoms with E-state index in [2.05, 4.69) is 17.2 Å². The highest BCUT2D eigenvalue weighted by molar-refractivity contribution is 5.78. The van der Waals surface area contributed by atoms with Crippen molar-refractivity contribution < 1.29 is 14.3 Å². The Morgan fingerprint density at radius 3 is 2.75 bits per heavy atom. The summed E-state index contributed by atoms with van der Waals surface area (Å²) >= 11 is 0. The maximum absolute atomic E-state index is 11.8. The second kappa shape index (κ2) is 8.22. The fourth-order valence-electron chi connectivity index (χ4n) is 1.84. The molecule has 5 nitrogen and oxygen atoms in total. The predicted molar refractivity (Wildman–Crippen MR) is 79.2 cm³/mol. The Morgan fingerprint density at radius 1 is 1.40 bits per heavy atom. The van der Waals surface area contributed by atoms with Crippen molar-refractivity contribution in [1.29, 1.82) is 0 Å². The van der Waals surface area contributed by atoms with Gasteiger partial charge in [0.1, 0.15) is 11.5 Å². The third-order valence-corrected chi connectivity index (χ3v) is 2.86. The number of hydrogen-bond acceptors (Lipinski definition) is 4. The van der Waals surface area contributed by atoms with Crippen LogP contribution in [-0.4, -0.2) is 33.2 Å². The Kier molecular flexibility index (Phi) is 6.59. The summed E-state index contributed by atoms with van der Waals surface area (Å²) in [4.78, 5) is 11.8. The zero-order chi connectivity index (χ0) is 15.0. The lowest BCUT2D eigenvalue weighted by molar-refractivity contribution is -0.120. The van der Waals surface area contributed by atoms with E-state index in [9.17, 15) is 4.79 Å². The molecule has 1 amide bonds. The van der Waals surface area contributed by atoms with Gasteiger partial charge in [0.05, 0.1) is 26.8 Å². The Morgan fingerprint density at radius 2 is 2.15 bits per heavy atom. The molecule has 5 heteroatoms. The highest BCUT2D eigenvalue weighted by Gasteiger charge is 2.14. The van der Waals surface area contributed by atoms with Crippen molar-refractivity contribution in [1.82, 2.24) is 10.6 Å². The number of carbonyl (C=O) groups is 1. The topological polar surface area (TPSA) is 59.6 Å². The monoisotopic (exact) mass is 278 g/mol. The van der Waals surface area contributed by atoms with Crippen LogP contribution in [0.3, 0.4) is 0 Å². The molecule has 1 unspecified atom stereocenters. The summed E-state index contributed by atoms with van der Waals surface area (Å²) in [7, 11) is 3.21. The van der Waals surface area contributed by atoms with Crippen molar-refractivity contribution in [2.45, 2.75) is 13.0 Å². The highest BCUT2D eigenvalue weighted by atomic mass is 16.5. The van der Waals surface area contributed by atoms with Gasteiger partial charge in [-0.2, -0.15) is 0 Å². The fraction of sp³-hybridized carbons (Fsp3) is 0.400. The molecule has 0 saturated carbocycles. The molecule has 1 atom stereocenters. The molecule has 0 aliphatic rings. The van der Waals surface area contributed by atoms with Crippen molar-refractivity contribution in [2.24, 2.45) is 0 Å². The van der Waals surface area contributed by atoms with Gasteiger partial charge in [-0.3, -0.25) is 4.79 Å². The van der Waals surface area contributed by atoms with Crippen LogP contribution in [-0.2, 0) is 4.79 Å². The maximum atomic E-state index is 11.8. The lowest BCUT2D eigenvalue weighted by Crippen LogP contribution is -2.35. The molecule has 1 aromatic carbocycles. The molecule has 0 spiro atoms. The van der Waals surface area contributed by atoms with E-state index in [0.29, 0.717) is 6.54 Å². The Bertz CT molecular complexity index is 460. The molecule has 0 aromatic heterocycles. The van der Waals surface area contributed by atoms with Gasteiger partial charge in [-0.15, -0.1) is 6.58 Å². The standard InChI is InChI=1S/C15H22N2O3/c1-5-8-16-10-15(18)17-11(2)13-9-12(19-3)6-7-14(13)20-4/h5-7,9,11,16H,1,8,10H2,2-4H3,(H,17,18). The fourth-order valence-corrected chi connectivity index (χ4v) is 1.84. The number of carbonyl (C=O) groups excluding carboxylic acids is 1. The summed E-state index contributed by atoms with van der Waals surface area (Å²) in [5, 5.41) is 5.87. The molecule has 20 heavy (non-hydrogen) atoms. The number of methoxy groups -OCH3 is 2. The number of hydrogen-bond donors (Lipinski definition) is 2. The smallest absolute Gasteiger partial charge is 0.234 e. The molecular formula is C15H22N2O3. The van der Waals surface area contributed by atoms with E-state index < -0.39 is 0 Å². The average molecular weight is 278 g/mol. The second-order valence-corrected chi connectivity index (χ2v) is 4.32. The van der Waals surface area contributed by atoms with Gasteiger partial charge < -0.3 is 20.1 Å². The molecule has 0 aliphatic carbocycles. The van der Waals surface area contributed by atoms with E-state index >= 15 is 0 Å². The minimum Gasteiger partial charge on any atom is -0.497 e. The molecule has 0 heterocycles. The van der Waals surface area contributed by atoms with Crippen LogP contribution in [0.25, 0.3) is 0 Å². The van der Waals surface area contributed by atoms with Crippen molar-refractivity contribution >= 4 is 5.91 Å². The normalized spacial score (nSPS) is 11.6. The Labute approximate surface area is 120 Å². The number of amides is 1. The molecule has 0 bridgehead atoms. The van der Waals surface area contributed by atoms with Crippen molar-refractivity contribution in [3.05, 3.63) is 36.4 Å². The average Bonchev–Trinajstić information content (AvgIpc) is 2.46. The van der Waals surface area contributed by atoms with Crippen molar-refractivity contribution in [3.8, 4) is 11.5 Å². The summed E-state index contributed by atoms with van der Waals surface area (Å²) in [5.41, 5.74) is 0.879. The molecular weight excluding hydrogens is 256 g/mol. The summed E-state index contributed by atoms with van der Waals surface area (Å²) in [6, 6.07) is 5.34. The van der Waals surface area contributed by atoms with Gasteiger partial charge in [-0.25, -0.2) is 0 Å². The molecule has 1 aromatic rings. The first kappa shape index (κ1) is 16.0. The number of ether oxygens (including phenoxy) is 2. The van der Waals surface area contributed by atoms with Crippen LogP contribution in [0.2, 0.25) is 0 Å². The Balaban J connectivity index is 2.72. The van der Waals surface area contributed by atoms with Gasteiger partial charge in [-0.1, -0.05) is 6.08 Å². The quantitative estimate of drug-likeness (QED) is 0.561. The summed E-state index contributed by atoms with van der Waals surface area (Å²) in [6.07, 6.45) is 1.71. The number of nitrogens with one attached hydrogen (secondary N) is 2. The van der Waals surface area contributed by atoms with E-state index in [1.807, 2.05) is 25.1 Å². The summed E-state index contributed by atoms with van der Waals surface area (Å²) < 4.78 is 10.5. The van der Waals surface area contributed by atoms with Crippen LogP contribution in [0.4, 0.5) is 0 Å². The zero-order valence-electron chi connectivity index (χ0n) is 12.2. The molecule has 0 radical (unpaired) electrons. The van der Waals surface area contributed by atoms with Gasteiger partial charge in [0.15, 0.2) is 0 Å². The van der Waals surface area contributed by atoms with E-state index in [0.717, 1.165) is 17.1 Å². The first-order chi connectivity index (χ1) is 9.62. The van der Waals surface area contributed by atoms with Crippen molar-refractivity contribution in [3.63, 3.8) is 0 Å². The van der Waals surface area contributed by atoms with Crippen LogP contribution >= 0.6 is 0 Å². The van der Waals surface area contributed by atoms with Gasteiger partial charge in [-0.05, 0) is 25.1 Å². The highest BCUT2D eigenvalue weighted by Crippen LogP contribution is 2.29. The molecule has 2 N–H and O–H groups in total. The number of benzene rings is 1. The SMILES string of the molecule is C=CCNCC(=O)NC(C)c1cc(OC)ccc1OC. The van der Waals surface area contributed by atoms with Gasteiger partial charge in [0.2, 0.25) is 5.91 Å². The summed E-state index contributed by atoms with van der Waals surface area (Å²) in [5.74, 6) is 1.37. The van der Waals surface area contributed by atoms with Crippen LogP contribution in [0.1, 0.15) is 18.5 Å². The third-order valence-electron chi connectivity index (χ3n) is 2.86. The van der Waals surface area contributed by atoms with E-state index in [1.54, 1.807) is 20.3 Å². The van der Waals surface area contributed by atoms with E-state index in [-0.39, 0.29) is 18.5 Å². The third kappa shape index (κ3) is 4.59. The van der Waals surface area contributed by atoms with Crippen LogP contribution < -0.4 is 20.1 Å². The first-order valence-corrected chi connectivity index (χ1v) is 6.45. The van der Waals surface area contributed by atoms with E-state index in [4.69, 9.17) is 9.47 Å². The second-order valence-electron chi connectivity index (χ2n) is 4.32. The first-order valence-electron chi connectivity index (χ1n) is 6.45. The Hall–Kier alpha value is -2.01. The summed E-state index contributed by atoms with van der Waals surface area (Å²) in [6.45, 7) is 6.34. The van der Waals surface area contributed by atoms with Crippen LogP contribution in [0.15, 0.2) is 30.9 Å². The predicted octanol–water partition coefficient (Wildman–Crippen LogP) is 1.66. The molecule has 0 saturated heterocycles. The number of rotatable bonds is 8. The lowest BCUT2D eigenvalue weighted by atomic mass is 10.1. The van der Waals surface area contributed by atoms with Crippen LogP contribution in [0, 0.1) is 0 Å². The molecule has 0 fully saturated rings. The van der Waals surface area contributed by atoms with Gasteiger partial charge >= 0.3 is 0 Å². The van der Waals surface area contributed by atoms with Crippen molar-refractivity contribution in [2.75, 3.05) is 27.3 Å². The lowest BCUT2D eigenvalue weighted by Gasteiger charge is -2.18. The van der Waals surface area contributed by atoms with Gasteiger partial charge in [0, 0.05) is 12.1 Å². The van der Waals surface area contributed by atoms with Crippen LogP contribution in [0.5, 0.6) is 11.5 Å². The largest absolute Gasteiger partial charge is 0.497 e. The molecule has 0 aliphatic heterocycles. The molecule has 1 rings (SSSR count). The molecule has 110 valence electrons. The maximum Gasteiger partial charge on any atom is 0.234 e. The minimum atomic E-state index is -0.168. The minimum absolute atomic E-state index is 0.0794. The zero-order valence-corrected chi connectivity index (χ0v) is 12.2.